The molecule has 1 fully saturated rings. The van der Waals surface area contributed by atoms with E-state index in [-0.39, 0.29) is 24.1 Å². The summed E-state index contributed by atoms with van der Waals surface area (Å²) in [6.07, 6.45) is 1.43. The van der Waals surface area contributed by atoms with Crippen LogP contribution in [0, 0.1) is 0 Å². The van der Waals surface area contributed by atoms with Gasteiger partial charge >= 0.3 is 0 Å². The summed E-state index contributed by atoms with van der Waals surface area (Å²) in [7, 11) is 0. The lowest BCUT2D eigenvalue weighted by molar-refractivity contribution is -0.120. The van der Waals surface area contributed by atoms with Crippen LogP contribution in [0.5, 0.6) is 0 Å². The first kappa shape index (κ1) is 20.1. The van der Waals surface area contributed by atoms with E-state index < -0.39 is 5.54 Å². The van der Waals surface area contributed by atoms with Crippen molar-refractivity contribution in [2.75, 3.05) is 23.8 Å². The molecule has 3 amide bonds. The van der Waals surface area contributed by atoms with E-state index >= 15 is 0 Å². The third-order valence-electron chi connectivity index (χ3n) is 5.77. The van der Waals surface area contributed by atoms with E-state index in [4.69, 9.17) is 4.74 Å². The number of ether oxygens (including phenoxy) is 1. The Morgan fingerprint density at radius 3 is 2.43 bits per heavy atom. The zero-order valence-corrected chi connectivity index (χ0v) is 16.9. The normalized spacial score (nSPS) is 17.4. The van der Waals surface area contributed by atoms with E-state index in [1.807, 2.05) is 29.2 Å². The van der Waals surface area contributed by atoms with Gasteiger partial charge in [-0.05, 0) is 42.7 Å². The van der Waals surface area contributed by atoms with Gasteiger partial charge in [0, 0.05) is 43.6 Å². The Morgan fingerprint density at radius 1 is 1.03 bits per heavy atom. The first-order valence-electron chi connectivity index (χ1n) is 10.1. The fraction of sp³-hybridized carbons (Fsp3) is 0.348. The van der Waals surface area contributed by atoms with E-state index in [1.165, 1.54) is 6.92 Å². The Morgan fingerprint density at radius 2 is 1.73 bits per heavy atom. The van der Waals surface area contributed by atoms with Gasteiger partial charge in [0.2, 0.25) is 11.8 Å². The molecule has 156 valence electrons. The van der Waals surface area contributed by atoms with Crippen LogP contribution in [0.25, 0.3) is 0 Å². The lowest BCUT2D eigenvalue weighted by atomic mass is 9.84. The predicted molar refractivity (Wildman–Crippen MR) is 113 cm³/mol. The van der Waals surface area contributed by atoms with Crippen molar-refractivity contribution in [3.8, 4) is 0 Å². The van der Waals surface area contributed by atoms with Crippen molar-refractivity contribution in [2.45, 2.75) is 38.3 Å². The van der Waals surface area contributed by atoms with Crippen LogP contribution in [-0.2, 0) is 20.9 Å². The Hall–Kier alpha value is -3.19. The van der Waals surface area contributed by atoms with Gasteiger partial charge in [0.1, 0.15) is 0 Å². The Balaban J connectivity index is 1.52. The summed E-state index contributed by atoms with van der Waals surface area (Å²) >= 11 is 0. The van der Waals surface area contributed by atoms with Gasteiger partial charge < -0.3 is 20.3 Å². The molecule has 7 heteroatoms. The van der Waals surface area contributed by atoms with Gasteiger partial charge in [0.05, 0.1) is 12.0 Å². The van der Waals surface area contributed by atoms with Crippen molar-refractivity contribution in [2.24, 2.45) is 0 Å². The minimum Gasteiger partial charge on any atom is -0.381 e. The molecule has 0 radical (unpaired) electrons. The van der Waals surface area contributed by atoms with Gasteiger partial charge in [-0.25, -0.2) is 0 Å². The molecule has 4 rings (SSSR count). The minimum absolute atomic E-state index is 0.0204. The van der Waals surface area contributed by atoms with Gasteiger partial charge in [0.15, 0.2) is 0 Å². The number of fused-ring (bicyclic) bond motifs is 1. The molecule has 0 aromatic heterocycles. The highest BCUT2D eigenvalue weighted by atomic mass is 16.5. The molecule has 2 heterocycles. The molecule has 2 aliphatic heterocycles. The quantitative estimate of drug-likeness (QED) is 0.797. The second-order valence-corrected chi connectivity index (χ2v) is 7.87. The highest BCUT2D eigenvalue weighted by molar-refractivity contribution is 6.00. The zero-order chi connectivity index (χ0) is 21.1. The number of anilines is 2. The SMILES string of the molecule is CC(=O)Nc1cccc(NC(=O)CC2(N3Cc4ccccc4C3=O)CCOCC2)c1. The molecule has 0 spiro atoms. The molecular formula is C23H25N3O4. The van der Waals surface area contributed by atoms with Crippen LogP contribution in [0.1, 0.15) is 42.1 Å². The molecular weight excluding hydrogens is 382 g/mol. The summed E-state index contributed by atoms with van der Waals surface area (Å²) < 4.78 is 5.54. The molecule has 0 bridgehead atoms. The predicted octanol–water partition coefficient (Wildman–Crippen LogP) is 3.18. The number of nitrogens with one attached hydrogen (secondary N) is 2. The van der Waals surface area contributed by atoms with Crippen molar-refractivity contribution >= 4 is 29.1 Å². The van der Waals surface area contributed by atoms with Crippen LogP contribution in [-0.4, -0.2) is 41.4 Å². The van der Waals surface area contributed by atoms with Crippen LogP contribution in [0.15, 0.2) is 48.5 Å². The number of benzene rings is 2. The van der Waals surface area contributed by atoms with Crippen LogP contribution in [0.4, 0.5) is 11.4 Å². The van der Waals surface area contributed by atoms with Crippen LogP contribution in [0.3, 0.4) is 0 Å². The zero-order valence-electron chi connectivity index (χ0n) is 16.9. The van der Waals surface area contributed by atoms with Crippen LogP contribution in [0.2, 0.25) is 0 Å². The van der Waals surface area contributed by atoms with Gasteiger partial charge in [-0.2, -0.15) is 0 Å². The topological polar surface area (TPSA) is 87.7 Å². The third kappa shape index (κ3) is 4.07. The first-order valence-corrected chi connectivity index (χ1v) is 10.1. The van der Waals surface area contributed by atoms with Crippen LogP contribution >= 0.6 is 0 Å². The average molecular weight is 407 g/mol. The van der Waals surface area contributed by atoms with E-state index in [1.54, 1.807) is 24.3 Å². The third-order valence-corrected chi connectivity index (χ3v) is 5.77. The maximum Gasteiger partial charge on any atom is 0.254 e. The molecule has 0 saturated carbocycles. The van der Waals surface area contributed by atoms with E-state index in [0.29, 0.717) is 49.5 Å². The standard InChI is InChI=1S/C23H25N3O4/c1-16(27)24-18-6-4-7-19(13-18)25-21(28)14-23(9-11-30-12-10-23)26-15-17-5-2-3-8-20(17)22(26)29/h2-8,13H,9-12,14-15H2,1H3,(H,24,27)(H,25,28). The highest BCUT2D eigenvalue weighted by Gasteiger charge is 2.46. The van der Waals surface area contributed by atoms with Gasteiger partial charge in [-0.1, -0.05) is 24.3 Å². The van der Waals surface area contributed by atoms with Crippen LogP contribution < -0.4 is 10.6 Å². The van der Waals surface area contributed by atoms with Crippen molar-refractivity contribution in [3.05, 3.63) is 59.7 Å². The molecule has 2 N–H and O–H groups in total. The molecule has 2 aliphatic rings. The molecule has 2 aromatic carbocycles. The maximum absolute atomic E-state index is 13.1. The van der Waals surface area contributed by atoms with Gasteiger partial charge in [0.25, 0.3) is 5.91 Å². The minimum atomic E-state index is -0.576. The number of carbonyl (C=O) groups excluding carboxylic acids is 3. The summed E-state index contributed by atoms with van der Waals surface area (Å²) in [5.41, 5.74) is 2.35. The second-order valence-electron chi connectivity index (χ2n) is 7.87. The first-order chi connectivity index (χ1) is 14.5. The fourth-order valence-corrected chi connectivity index (χ4v) is 4.31. The van der Waals surface area contributed by atoms with Crippen molar-refractivity contribution < 1.29 is 19.1 Å². The largest absolute Gasteiger partial charge is 0.381 e. The molecule has 30 heavy (non-hydrogen) atoms. The summed E-state index contributed by atoms with van der Waals surface area (Å²) in [4.78, 5) is 39.2. The molecule has 0 atom stereocenters. The lowest BCUT2D eigenvalue weighted by Gasteiger charge is -2.44. The summed E-state index contributed by atoms with van der Waals surface area (Å²) in [6.45, 7) is 2.99. The Labute approximate surface area is 175 Å². The summed E-state index contributed by atoms with van der Waals surface area (Å²) in [5.74, 6) is -0.361. The molecule has 2 aromatic rings. The van der Waals surface area contributed by atoms with E-state index in [9.17, 15) is 14.4 Å². The number of hydrogen-bond donors (Lipinski definition) is 2. The average Bonchev–Trinajstić information content (AvgIpc) is 3.06. The molecule has 0 unspecified atom stereocenters. The Bertz CT molecular complexity index is 982. The molecule has 7 nitrogen and oxygen atoms in total. The van der Waals surface area contributed by atoms with Gasteiger partial charge in [-0.3, -0.25) is 14.4 Å². The summed E-state index contributed by atoms with van der Waals surface area (Å²) in [6, 6.07) is 14.6. The van der Waals surface area contributed by atoms with E-state index in [2.05, 4.69) is 10.6 Å². The molecule has 0 aliphatic carbocycles. The highest BCUT2D eigenvalue weighted by Crippen LogP contribution is 2.38. The maximum atomic E-state index is 13.1. The smallest absolute Gasteiger partial charge is 0.254 e. The van der Waals surface area contributed by atoms with Crippen molar-refractivity contribution in [1.82, 2.24) is 4.90 Å². The number of amides is 3. The fourth-order valence-electron chi connectivity index (χ4n) is 4.31. The van der Waals surface area contributed by atoms with Crippen molar-refractivity contribution in [1.29, 1.82) is 0 Å². The number of rotatable bonds is 5. The number of nitrogens with zero attached hydrogens (tertiary/aromatic N) is 1. The monoisotopic (exact) mass is 407 g/mol. The summed E-state index contributed by atoms with van der Waals surface area (Å²) in [5, 5.41) is 5.63. The number of hydrogen-bond acceptors (Lipinski definition) is 4. The molecule has 1 saturated heterocycles. The lowest BCUT2D eigenvalue weighted by Crippen LogP contribution is -2.54. The van der Waals surface area contributed by atoms with Gasteiger partial charge in [-0.15, -0.1) is 0 Å². The Kier molecular flexibility index (Phi) is 5.55. The van der Waals surface area contributed by atoms with E-state index in [0.717, 1.165) is 5.56 Å². The second kappa shape index (κ2) is 8.28. The number of carbonyl (C=O) groups is 3. The van der Waals surface area contributed by atoms with Crippen molar-refractivity contribution in [3.63, 3.8) is 0 Å².